The number of benzene rings is 1. The Kier molecular flexibility index (Phi) is 7.08. The predicted molar refractivity (Wildman–Crippen MR) is 106 cm³/mol. The van der Waals surface area contributed by atoms with E-state index >= 15 is 0 Å². The highest BCUT2D eigenvalue weighted by Gasteiger charge is 2.30. The van der Waals surface area contributed by atoms with Gasteiger partial charge in [-0.2, -0.15) is 11.8 Å². The number of carbonyl (C=O) groups excluding carboxylic acids is 2. The maximum Gasteiger partial charge on any atom is 0.315 e. The van der Waals surface area contributed by atoms with E-state index in [1.165, 1.54) is 0 Å². The lowest BCUT2D eigenvalue weighted by Crippen LogP contribution is -2.46. The van der Waals surface area contributed by atoms with Crippen LogP contribution in [0.5, 0.6) is 0 Å². The predicted octanol–water partition coefficient (Wildman–Crippen LogP) is 3.27. The third-order valence-electron chi connectivity index (χ3n) is 5.10. The molecule has 0 unspecified atom stereocenters. The molecule has 1 heterocycles. The Bertz CT molecular complexity index is 612. The molecule has 1 saturated heterocycles. The molecule has 2 aliphatic rings. The van der Waals surface area contributed by atoms with Crippen LogP contribution in [0, 0.1) is 5.92 Å². The maximum absolute atomic E-state index is 12.6. The number of carbonyl (C=O) groups is 2. The quantitative estimate of drug-likeness (QED) is 0.822. The maximum atomic E-state index is 12.6. The summed E-state index contributed by atoms with van der Waals surface area (Å²) in [4.78, 5) is 26.7. The molecule has 26 heavy (non-hydrogen) atoms. The third kappa shape index (κ3) is 5.55. The number of nitrogens with one attached hydrogen (secondary N) is 2. The standard InChI is InChI=1S/C19H26ClN3O2S/c20-16-5-1-14(2-6-16)13-21-19(25)22-17-7-3-15(4-8-17)18(24)23-9-11-26-12-10-23/h1-2,5-6,15,17H,3-4,7-13H2,(H2,21,22,25). The van der Waals surface area contributed by atoms with E-state index in [1.54, 1.807) is 0 Å². The average Bonchev–Trinajstić information content (AvgIpc) is 2.68. The van der Waals surface area contributed by atoms with Gasteiger partial charge in [-0.25, -0.2) is 4.79 Å². The van der Waals surface area contributed by atoms with Gasteiger partial charge in [-0.1, -0.05) is 23.7 Å². The largest absolute Gasteiger partial charge is 0.341 e. The summed E-state index contributed by atoms with van der Waals surface area (Å²) in [5, 5.41) is 6.60. The van der Waals surface area contributed by atoms with Crippen molar-refractivity contribution in [2.45, 2.75) is 38.3 Å². The summed E-state index contributed by atoms with van der Waals surface area (Å²) in [7, 11) is 0. The van der Waals surface area contributed by atoms with Crippen molar-refractivity contribution in [3.05, 3.63) is 34.9 Å². The van der Waals surface area contributed by atoms with Gasteiger partial charge in [0.2, 0.25) is 5.91 Å². The van der Waals surface area contributed by atoms with Gasteiger partial charge < -0.3 is 15.5 Å². The van der Waals surface area contributed by atoms with E-state index in [0.717, 1.165) is 55.8 Å². The van der Waals surface area contributed by atoms with Crippen LogP contribution in [0.2, 0.25) is 5.02 Å². The van der Waals surface area contributed by atoms with Gasteiger partial charge in [-0.15, -0.1) is 0 Å². The minimum absolute atomic E-state index is 0.133. The van der Waals surface area contributed by atoms with Gasteiger partial charge in [-0.3, -0.25) is 4.79 Å². The van der Waals surface area contributed by atoms with Crippen molar-refractivity contribution in [3.8, 4) is 0 Å². The van der Waals surface area contributed by atoms with Crippen LogP contribution in [0.3, 0.4) is 0 Å². The first-order chi connectivity index (χ1) is 12.6. The van der Waals surface area contributed by atoms with Crippen molar-refractivity contribution in [1.82, 2.24) is 15.5 Å². The average molecular weight is 396 g/mol. The second-order valence-corrected chi connectivity index (χ2v) is 8.60. The first kappa shape index (κ1) is 19.4. The van der Waals surface area contributed by atoms with Crippen LogP contribution in [0.4, 0.5) is 4.79 Å². The van der Waals surface area contributed by atoms with Gasteiger partial charge in [0, 0.05) is 48.1 Å². The molecule has 142 valence electrons. The molecule has 0 radical (unpaired) electrons. The van der Waals surface area contributed by atoms with Crippen molar-refractivity contribution in [2.75, 3.05) is 24.6 Å². The molecule has 1 saturated carbocycles. The summed E-state index contributed by atoms with van der Waals surface area (Å²) in [5.41, 5.74) is 1.01. The summed E-state index contributed by atoms with van der Waals surface area (Å²) in [6, 6.07) is 7.44. The van der Waals surface area contributed by atoms with Gasteiger partial charge in [0.15, 0.2) is 0 Å². The highest BCUT2D eigenvalue weighted by atomic mass is 35.5. The zero-order valence-corrected chi connectivity index (χ0v) is 16.5. The van der Waals surface area contributed by atoms with E-state index in [9.17, 15) is 9.59 Å². The number of amides is 3. The molecule has 1 aromatic carbocycles. The zero-order chi connectivity index (χ0) is 18.4. The second-order valence-electron chi connectivity index (χ2n) is 6.94. The first-order valence-electron chi connectivity index (χ1n) is 9.27. The molecule has 5 nitrogen and oxygen atoms in total. The van der Waals surface area contributed by atoms with E-state index in [1.807, 2.05) is 40.9 Å². The van der Waals surface area contributed by atoms with Crippen molar-refractivity contribution in [2.24, 2.45) is 5.92 Å². The fourth-order valence-corrected chi connectivity index (χ4v) is 4.58. The van der Waals surface area contributed by atoms with Crippen LogP contribution in [-0.2, 0) is 11.3 Å². The lowest BCUT2D eigenvalue weighted by atomic mass is 9.85. The van der Waals surface area contributed by atoms with E-state index in [4.69, 9.17) is 11.6 Å². The van der Waals surface area contributed by atoms with Crippen LogP contribution in [0.25, 0.3) is 0 Å². The van der Waals surface area contributed by atoms with Gasteiger partial charge in [0.1, 0.15) is 0 Å². The van der Waals surface area contributed by atoms with Gasteiger partial charge in [-0.05, 0) is 43.4 Å². The van der Waals surface area contributed by atoms with E-state index in [2.05, 4.69) is 10.6 Å². The number of nitrogens with zero attached hydrogens (tertiary/aromatic N) is 1. The number of urea groups is 1. The Labute approximate surface area is 164 Å². The van der Waals surface area contributed by atoms with Crippen molar-refractivity contribution < 1.29 is 9.59 Å². The van der Waals surface area contributed by atoms with Gasteiger partial charge >= 0.3 is 6.03 Å². The van der Waals surface area contributed by atoms with Crippen LogP contribution >= 0.6 is 23.4 Å². The fourth-order valence-electron chi connectivity index (χ4n) is 3.55. The van der Waals surface area contributed by atoms with Crippen LogP contribution < -0.4 is 10.6 Å². The summed E-state index contributed by atoms with van der Waals surface area (Å²) in [6.07, 6.45) is 3.47. The number of rotatable bonds is 4. The monoisotopic (exact) mass is 395 g/mol. The molecule has 2 fully saturated rings. The molecule has 1 aliphatic carbocycles. The Morgan fingerprint density at radius 1 is 1.08 bits per heavy atom. The summed E-state index contributed by atoms with van der Waals surface area (Å²) >= 11 is 7.78. The Morgan fingerprint density at radius 2 is 1.73 bits per heavy atom. The van der Waals surface area contributed by atoms with Crippen molar-refractivity contribution >= 4 is 35.3 Å². The zero-order valence-electron chi connectivity index (χ0n) is 14.9. The molecular formula is C19H26ClN3O2S. The highest BCUT2D eigenvalue weighted by Crippen LogP contribution is 2.27. The smallest absolute Gasteiger partial charge is 0.315 e. The first-order valence-corrected chi connectivity index (χ1v) is 10.8. The molecule has 0 spiro atoms. The number of halogens is 1. The summed E-state index contributed by atoms with van der Waals surface area (Å²) in [5.74, 6) is 2.55. The minimum atomic E-state index is -0.150. The molecule has 0 bridgehead atoms. The molecule has 1 aliphatic heterocycles. The number of hydrogen-bond acceptors (Lipinski definition) is 3. The SMILES string of the molecule is O=C(NCc1ccc(Cl)cc1)NC1CCC(C(=O)N2CCSCC2)CC1. The normalized spacial score (nSPS) is 23.3. The third-order valence-corrected chi connectivity index (χ3v) is 6.30. The molecule has 0 atom stereocenters. The van der Waals surface area contributed by atoms with E-state index in [0.29, 0.717) is 17.5 Å². The Hall–Kier alpha value is -1.40. The van der Waals surface area contributed by atoms with E-state index < -0.39 is 0 Å². The van der Waals surface area contributed by atoms with Crippen molar-refractivity contribution in [1.29, 1.82) is 0 Å². The number of hydrogen-bond donors (Lipinski definition) is 2. The van der Waals surface area contributed by atoms with Gasteiger partial charge in [0.05, 0.1) is 0 Å². The summed E-state index contributed by atoms with van der Waals surface area (Å²) < 4.78 is 0. The molecule has 7 heteroatoms. The van der Waals surface area contributed by atoms with E-state index in [-0.39, 0.29) is 18.0 Å². The molecule has 0 aromatic heterocycles. The Balaban J connectivity index is 1.37. The molecule has 1 aromatic rings. The lowest BCUT2D eigenvalue weighted by Gasteiger charge is -2.34. The van der Waals surface area contributed by atoms with Crippen LogP contribution in [0.1, 0.15) is 31.2 Å². The molecule has 2 N–H and O–H groups in total. The molecule has 3 rings (SSSR count). The second kappa shape index (κ2) is 9.51. The lowest BCUT2D eigenvalue weighted by molar-refractivity contribution is -0.136. The molecular weight excluding hydrogens is 370 g/mol. The van der Waals surface area contributed by atoms with Gasteiger partial charge in [0.25, 0.3) is 0 Å². The topological polar surface area (TPSA) is 61.4 Å². The minimum Gasteiger partial charge on any atom is -0.341 e. The molecule has 3 amide bonds. The van der Waals surface area contributed by atoms with Crippen LogP contribution in [-0.4, -0.2) is 47.5 Å². The van der Waals surface area contributed by atoms with Crippen LogP contribution in [0.15, 0.2) is 24.3 Å². The summed E-state index contributed by atoms with van der Waals surface area (Å²) in [6.45, 7) is 2.24. The van der Waals surface area contributed by atoms with Crippen molar-refractivity contribution in [3.63, 3.8) is 0 Å². The fraction of sp³-hybridized carbons (Fsp3) is 0.579. The highest BCUT2D eigenvalue weighted by molar-refractivity contribution is 7.99. The number of thioether (sulfide) groups is 1. The Morgan fingerprint density at radius 3 is 2.38 bits per heavy atom.